The molecule has 2 rings (SSSR count). The van der Waals surface area contributed by atoms with Crippen molar-refractivity contribution < 1.29 is 4.74 Å². The molecule has 0 aliphatic carbocycles. The lowest BCUT2D eigenvalue weighted by atomic mass is 10.1. The molecule has 0 aliphatic rings. The molecule has 88 valence electrons. The lowest BCUT2D eigenvalue weighted by Gasteiger charge is -2.10. The summed E-state index contributed by atoms with van der Waals surface area (Å²) in [6.45, 7) is 3.97. The SMILES string of the molecule is CCc1ccccc1Oc1nc(Cl)ncc1C. The van der Waals surface area contributed by atoms with Gasteiger partial charge >= 0.3 is 0 Å². The average molecular weight is 249 g/mol. The second-order valence-electron chi connectivity index (χ2n) is 3.69. The first-order chi connectivity index (χ1) is 8.20. The summed E-state index contributed by atoms with van der Waals surface area (Å²) in [6, 6.07) is 7.89. The molecule has 0 saturated heterocycles. The van der Waals surface area contributed by atoms with Crippen molar-refractivity contribution in [2.45, 2.75) is 20.3 Å². The van der Waals surface area contributed by atoms with E-state index in [9.17, 15) is 0 Å². The molecule has 0 atom stereocenters. The first-order valence-electron chi connectivity index (χ1n) is 5.45. The predicted molar refractivity (Wildman–Crippen MR) is 67.7 cm³/mol. The minimum Gasteiger partial charge on any atom is -0.438 e. The van der Waals surface area contributed by atoms with Crippen LogP contribution in [0, 0.1) is 6.92 Å². The number of aryl methyl sites for hydroxylation is 2. The zero-order valence-corrected chi connectivity index (χ0v) is 10.5. The van der Waals surface area contributed by atoms with E-state index in [1.54, 1.807) is 6.20 Å². The molecule has 3 nitrogen and oxygen atoms in total. The number of nitrogens with zero attached hydrogens (tertiary/aromatic N) is 2. The van der Waals surface area contributed by atoms with E-state index < -0.39 is 0 Å². The third-order valence-corrected chi connectivity index (χ3v) is 2.64. The topological polar surface area (TPSA) is 35.0 Å². The maximum atomic E-state index is 5.78. The Hall–Kier alpha value is -1.61. The number of halogens is 1. The van der Waals surface area contributed by atoms with Crippen molar-refractivity contribution in [3.8, 4) is 11.6 Å². The molecular formula is C13H13ClN2O. The van der Waals surface area contributed by atoms with Crippen molar-refractivity contribution in [1.82, 2.24) is 9.97 Å². The average Bonchev–Trinajstić information content (AvgIpc) is 2.34. The molecule has 0 amide bonds. The lowest BCUT2D eigenvalue weighted by Crippen LogP contribution is -1.96. The molecule has 0 unspecified atom stereocenters. The Morgan fingerprint density at radius 3 is 2.82 bits per heavy atom. The van der Waals surface area contributed by atoms with Gasteiger partial charge < -0.3 is 4.74 Å². The highest BCUT2D eigenvalue weighted by atomic mass is 35.5. The predicted octanol–water partition coefficient (Wildman–Crippen LogP) is 3.79. The summed E-state index contributed by atoms with van der Waals surface area (Å²) in [5, 5.41) is 0.194. The number of para-hydroxylation sites is 1. The fraction of sp³-hybridized carbons (Fsp3) is 0.231. The molecule has 17 heavy (non-hydrogen) atoms. The van der Waals surface area contributed by atoms with Crippen molar-refractivity contribution in [1.29, 1.82) is 0 Å². The first kappa shape index (κ1) is 11.9. The van der Waals surface area contributed by atoms with Crippen LogP contribution < -0.4 is 4.74 Å². The van der Waals surface area contributed by atoms with Gasteiger partial charge in [0.15, 0.2) is 0 Å². The first-order valence-corrected chi connectivity index (χ1v) is 5.83. The van der Waals surface area contributed by atoms with Gasteiger partial charge in [0.1, 0.15) is 5.75 Å². The molecule has 0 fully saturated rings. The summed E-state index contributed by atoms with van der Waals surface area (Å²) in [5.74, 6) is 1.32. The molecule has 1 heterocycles. The molecule has 1 aromatic carbocycles. The van der Waals surface area contributed by atoms with Crippen molar-refractivity contribution in [3.63, 3.8) is 0 Å². The zero-order valence-electron chi connectivity index (χ0n) is 9.77. The highest BCUT2D eigenvalue weighted by molar-refractivity contribution is 6.28. The van der Waals surface area contributed by atoms with E-state index in [4.69, 9.17) is 16.3 Å². The fourth-order valence-corrected chi connectivity index (χ4v) is 1.63. The van der Waals surface area contributed by atoms with E-state index in [1.165, 1.54) is 0 Å². The third kappa shape index (κ3) is 2.74. The van der Waals surface area contributed by atoms with E-state index in [1.807, 2.05) is 31.2 Å². The van der Waals surface area contributed by atoms with Crippen LogP contribution in [-0.2, 0) is 6.42 Å². The quantitative estimate of drug-likeness (QED) is 0.775. The molecule has 0 saturated carbocycles. The molecule has 1 aromatic heterocycles. The van der Waals surface area contributed by atoms with Crippen LogP contribution in [0.15, 0.2) is 30.5 Å². The molecular weight excluding hydrogens is 236 g/mol. The van der Waals surface area contributed by atoms with Gasteiger partial charge in [0, 0.05) is 11.8 Å². The summed E-state index contributed by atoms with van der Waals surface area (Å²) >= 11 is 5.75. The number of benzene rings is 1. The molecule has 0 bridgehead atoms. The normalized spacial score (nSPS) is 10.3. The third-order valence-electron chi connectivity index (χ3n) is 2.46. The largest absolute Gasteiger partial charge is 0.438 e. The fourth-order valence-electron chi connectivity index (χ4n) is 1.51. The smallest absolute Gasteiger partial charge is 0.226 e. The Morgan fingerprint density at radius 2 is 2.06 bits per heavy atom. The van der Waals surface area contributed by atoms with Gasteiger partial charge in [-0.3, -0.25) is 0 Å². The highest BCUT2D eigenvalue weighted by Gasteiger charge is 2.07. The van der Waals surface area contributed by atoms with Crippen LogP contribution in [0.5, 0.6) is 11.6 Å². The standard InChI is InChI=1S/C13H13ClN2O/c1-3-10-6-4-5-7-11(10)17-12-9(2)8-15-13(14)16-12/h4-8H,3H2,1-2H3. The van der Waals surface area contributed by atoms with E-state index in [0.717, 1.165) is 23.3 Å². The van der Waals surface area contributed by atoms with Crippen LogP contribution in [0.3, 0.4) is 0 Å². The maximum absolute atomic E-state index is 5.78. The van der Waals surface area contributed by atoms with Crippen LogP contribution in [0.25, 0.3) is 0 Å². The van der Waals surface area contributed by atoms with Crippen LogP contribution in [0.4, 0.5) is 0 Å². The number of ether oxygens (including phenoxy) is 1. The molecule has 4 heteroatoms. The van der Waals surface area contributed by atoms with E-state index in [-0.39, 0.29) is 5.28 Å². The van der Waals surface area contributed by atoms with E-state index in [2.05, 4.69) is 16.9 Å². The molecule has 0 spiro atoms. The van der Waals surface area contributed by atoms with Crippen LogP contribution >= 0.6 is 11.6 Å². The number of hydrogen-bond acceptors (Lipinski definition) is 3. The summed E-state index contributed by atoms with van der Waals surface area (Å²) in [7, 11) is 0. The van der Waals surface area contributed by atoms with Gasteiger partial charge in [0.05, 0.1) is 0 Å². The van der Waals surface area contributed by atoms with Gasteiger partial charge in [0.25, 0.3) is 0 Å². The second-order valence-corrected chi connectivity index (χ2v) is 4.03. The lowest BCUT2D eigenvalue weighted by molar-refractivity contribution is 0.452. The van der Waals surface area contributed by atoms with Gasteiger partial charge in [-0.05, 0) is 36.6 Å². The Morgan fingerprint density at radius 1 is 1.29 bits per heavy atom. The van der Waals surface area contributed by atoms with Crippen LogP contribution in [0.1, 0.15) is 18.1 Å². The van der Waals surface area contributed by atoms with E-state index in [0.29, 0.717) is 5.88 Å². The van der Waals surface area contributed by atoms with Gasteiger partial charge in [-0.25, -0.2) is 4.98 Å². The highest BCUT2D eigenvalue weighted by Crippen LogP contribution is 2.26. The molecule has 2 aromatic rings. The van der Waals surface area contributed by atoms with Crippen molar-refractivity contribution >= 4 is 11.6 Å². The molecule has 0 aliphatic heterocycles. The van der Waals surface area contributed by atoms with Crippen molar-refractivity contribution in [2.24, 2.45) is 0 Å². The molecule has 0 N–H and O–H groups in total. The minimum atomic E-state index is 0.194. The Kier molecular flexibility index (Phi) is 3.59. The Bertz CT molecular complexity index is 529. The van der Waals surface area contributed by atoms with Gasteiger partial charge in [-0.2, -0.15) is 4.98 Å². The van der Waals surface area contributed by atoms with Crippen LogP contribution in [0.2, 0.25) is 5.28 Å². The van der Waals surface area contributed by atoms with E-state index >= 15 is 0 Å². The van der Waals surface area contributed by atoms with Crippen molar-refractivity contribution in [3.05, 3.63) is 46.9 Å². The van der Waals surface area contributed by atoms with Gasteiger partial charge in [-0.1, -0.05) is 25.1 Å². The summed E-state index contributed by atoms with van der Waals surface area (Å²) in [6.07, 6.45) is 2.56. The number of rotatable bonds is 3. The minimum absolute atomic E-state index is 0.194. The van der Waals surface area contributed by atoms with Gasteiger partial charge in [-0.15, -0.1) is 0 Å². The number of aromatic nitrogens is 2. The second kappa shape index (κ2) is 5.15. The van der Waals surface area contributed by atoms with Crippen LogP contribution in [-0.4, -0.2) is 9.97 Å². The maximum Gasteiger partial charge on any atom is 0.226 e. The monoisotopic (exact) mass is 248 g/mol. The number of hydrogen-bond donors (Lipinski definition) is 0. The Labute approximate surface area is 105 Å². The Balaban J connectivity index is 2.34. The van der Waals surface area contributed by atoms with Crippen molar-refractivity contribution in [2.75, 3.05) is 0 Å². The van der Waals surface area contributed by atoms with Gasteiger partial charge in [0.2, 0.25) is 11.2 Å². The zero-order chi connectivity index (χ0) is 12.3. The summed E-state index contributed by atoms with van der Waals surface area (Å²) < 4.78 is 5.78. The molecule has 0 radical (unpaired) electrons. The summed E-state index contributed by atoms with van der Waals surface area (Å²) in [4.78, 5) is 7.97. The summed E-state index contributed by atoms with van der Waals surface area (Å²) in [5.41, 5.74) is 2.00.